The minimum absolute atomic E-state index is 0.0874. The van der Waals surface area contributed by atoms with E-state index in [1.165, 1.54) is 0 Å². The molecule has 3 aromatic carbocycles. The number of rotatable bonds is 10. The zero-order valence-corrected chi connectivity index (χ0v) is 25.5. The molecule has 4 unspecified atom stereocenters. The summed E-state index contributed by atoms with van der Waals surface area (Å²) in [5.41, 5.74) is 8.65. The third-order valence-electron chi connectivity index (χ3n) is 8.54. The maximum Gasteiger partial charge on any atom is 0.246 e. The molecule has 2 aliphatic rings. The Kier molecular flexibility index (Phi) is 10.6. The second-order valence-electron chi connectivity index (χ2n) is 11.4. The van der Waals surface area contributed by atoms with Crippen LogP contribution in [0.4, 0.5) is 0 Å². The predicted molar refractivity (Wildman–Crippen MR) is 174 cm³/mol. The molecule has 4 atom stereocenters. The van der Waals surface area contributed by atoms with Gasteiger partial charge < -0.3 is 31.9 Å². The van der Waals surface area contributed by atoms with E-state index >= 15 is 0 Å². The van der Waals surface area contributed by atoms with Gasteiger partial charge in [0.15, 0.2) is 5.11 Å². The highest BCUT2D eigenvalue weighted by Crippen LogP contribution is 2.34. The Morgan fingerprint density at radius 2 is 1.43 bits per heavy atom. The lowest BCUT2D eigenvalue weighted by molar-refractivity contribution is -0.143. The summed E-state index contributed by atoms with van der Waals surface area (Å²) in [6.07, 6.45) is 2.69. The lowest BCUT2D eigenvalue weighted by Crippen LogP contribution is -2.58. The van der Waals surface area contributed by atoms with Crippen LogP contribution in [-0.2, 0) is 20.9 Å². The van der Waals surface area contributed by atoms with Gasteiger partial charge >= 0.3 is 0 Å². The third-order valence-corrected chi connectivity index (χ3v) is 8.83. The van der Waals surface area contributed by atoms with Crippen LogP contribution in [0.25, 0.3) is 0 Å². The van der Waals surface area contributed by atoms with E-state index in [1.54, 1.807) is 4.90 Å². The van der Waals surface area contributed by atoms with Gasteiger partial charge in [0.2, 0.25) is 17.7 Å². The van der Waals surface area contributed by atoms with Crippen molar-refractivity contribution in [3.63, 3.8) is 0 Å². The van der Waals surface area contributed by atoms with Crippen molar-refractivity contribution >= 4 is 35.1 Å². The Bertz CT molecular complexity index is 1390. The van der Waals surface area contributed by atoms with Gasteiger partial charge in [-0.1, -0.05) is 91.0 Å². The Labute approximate surface area is 264 Å². The second kappa shape index (κ2) is 14.9. The molecule has 0 bridgehead atoms. The molecule has 2 aliphatic heterocycles. The second-order valence-corrected chi connectivity index (χ2v) is 11.8. The molecule has 3 amide bonds. The maximum absolute atomic E-state index is 14.2. The van der Waals surface area contributed by atoms with Gasteiger partial charge in [0.25, 0.3) is 0 Å². The molecular formula is C34H40N6O3S. The molecule has 2 saturated heterocycles. The van der Waals surface area contributed by atoms with Crippen LogP contribution < -0.4 is 27.0 Å². The maximum atomic E-state index is 14.2. The van der Waals surface area contributed by atoms with Crippen LogP contribution >= 0.6 is 12.2 Å². The standard InChI is InChI=1S/C34H40N6O3S/c35-20-29(41)38-31-26(22-37-34(44)36-21-23-10-4-1-5-11-23)16-17-27-18-19-28(40(27)33(31)43)32(42)39-30(24-12-6-2-7-13-24)25-14-8-3-9-15-25/h1-15,26-28,30-31H,16-22,35H2,(H,38,41)(H,39,42)(H2,36,37,44). The van der Waals surface area contributed by atoms with Gasteiger partial charge in [-0.25, -0.2) is 0 Å². The highest BCUT2D eigenvalue weighted by molar-refractivity contribution is 7.80. The summed E-state index contributed by atoms with van der Waals surface area (Å²) in [5, 5.41) is 13.0. The monoisotopic (exact) mass is 612 g/mol. The van der Waals surface area contributed by atoms with Crippen molar-refractivity contribution in [1.29, 1.82) is 0 Å². The van der Waals surface area contributed by atoms with E-state index in [4.69, 9.17) is 18.0 Å². The van der Waals surface area contributed by atoms with E-state index in [-0.39, 0.29) is 36.4 Å². The molecule has 0 radical (unpaired) electrons. The molecule has 2 fully saturated rings. The Morgan fingerprint density at radius 3 is 2.05 bits per heavy atom. The largest absolute Gasteiger partial charge is 0.362 e. The van der Waals surface area contributed by atoms with Gasteiger partial charge in [-0.2, -0.15) is 0 Å². The molecule has 0 saturated carbocycles. The topological polar surface area (TPSA) is 129 Å². The highest BCUT2D eigenvalue weighted by atomic mass is 32.1. The van der Waals surface area contributed by atoms with E-state index in [0.717, 1.165) is 29.5 Å². The minimum atomic E-state index is -0.826. The summed E-state index contributed by atoms with van der Waals surface area (Å²) in [7, 11) is 0. The molecule has 0 aliphatic carbocycles. The van der Waals surface area contributed by atoms with Crippen LogP contribution in [0.1, 0.15) is 48.4 Å². The molecule has 0 spiro atoms. The average Bonchev–Trinajstić information content (AvgIpc) is 3.45. The number of amides is 3. The molecule has 3 aromatic rings. The first-order valence-electron chi connectivity index (χ1n) is 15.2. The number of nitrogens with two attached hydrogens (primary N) is 1. The number of carbonyl (C=O) groups excluding carboxylic acids is 3. The summed E-state index contributed by atoms with van der Waals surface area (Å²) in [5.74, 6) is -1.10. The normalized spacial score (nSPS) is 21.2. The van der Waals surface area contributed by atoms with Crippen LogP contribution in [0.15, 0.2) is 91.0 Å². The van der Waals surface area contributed by atoms with E-state index in [0.29, 0.717) is 31.0 Å². The number of hydrogen-bond acceptors (Lipinski definition) is 5. The Hall–Kier alpha value is -4.28. The van der Waals surface area contributed by atoms with Gasteiger partial charge in [0.05, 0.1) is 12.6 Å². The first-order chi connectivity index (χ1) is 21.4. The van der Waals surface area contributed by atoms with Crippen molar-refractivity contribution in [3.05, 3.63) is 108 Å². The van der Waals surface area contributed by atoms with Crippen LogP contribution in [0.2, 0.25) is 0 Å². The zero-order chi connectivity index (χ0) is 30.9. The summed E-state index contributed by atoms with van der Waals surface area (Å²) in [4.78, 5) is 42.4. The number of hydrogen-bond donors (Lipinski definition) is 5. The van der Waals surface area contributed by atoms with E-state index in [2.05, 4.69) is 21.3 Å². The lowest BCUT2D eigenvalue weighted by Gasteiger charge is -2.33. The summed E-state index contributed by atoms with van der Waals surface area (Å²) in [6, 6.07) is 27.6. The molecule has 230 valence electrons. The molecule has 5 rings (SSSR count). The van der Waals surface area contributed by atoms with Crippen LogP contribution in [0, 0.1) is 5.92 Å². The Morgan fingerprint density at radius 1 is 0.841 bits per heavy atom. The first kappa shape index (κ1) is 31.2. The van der Waals surface area contributed by atoms with Gasteiger partial charge in [-0.3, -0.25) is 14.4 Å². The number of nitrogens with one attached hydrogen (secondary N) is 4. The highest BCUT2D eigenvalue weighted by Gasteiger charge is 2.47. The quantitative estimate of drug-likeness (QED) is 0.223. The van der Waals surface area contributed by atoms with Crippen molar-refractivity contribution in [3.8, 4) is 0 Å². The summed E-state index contributed by atoms with van der Waals surface area (Å²) in [6.45, 7) is 0.733. The summed E-state index contributed by atoms with van der Waals surface area (Å²) >= 11 is 5.51. The number of benzene rings is 3. The fourth-order valence-corrected chi connectivity index (χ4v) is 6.43. The molecular weight excluding hydrogens is 572 g/mol. The first-order valence-corrected chi connectivity index (χ1v) is 15.6. The van der Waals surface area contributed by atoms with Crippen LogP contribution in [-0.4, -0.2) is 58.9 Å². The van der Waals surface area contributed by atoms with Gasteiger partial charge in [0.1, 0.15) is 12.1 Å². The van der Waals surface area contributed by atoms with Crippen molar-refractivity contribution in [2.45, 2.75) is 56.4 Å². The minimum Gasteiger partial charge on any atom is -0.362 e. The smallest absolute Gasteiger partial charge is 0.246 e. The van der Waals surface area contributed by atoms with E-state index in [1.807, 2.05) is 91.0 Å². The predicted octanol–water partition coefficient (Wildman–Crippen LogP) is 2.77. The zero-order valence-electron chi connectivity index (χ0n) is 24.7. The number of thiocarbonyl (C=S) groups is 1. The van der Waals surface area contributed by atoms with Crippen LogP contribution in [0.3, 0.4) is 0 Å². The molecule has 9 nitrogen and oxygen atoms in total. The van der Waals surface area contributed by atoms with Crippen molar-refractivity contribution in [2.24, 2.45) is 11.7 Å². The molecule has 2 heterocycles. The molecule has 44 heavy (non-hydrogen) atoms. The third kappa shape index (κ3) is 7.62. The SMILES string of the molecule is NCC(=O)NC1C(=O)N2C(CCC1CNC(=S)NCc1ccccc1)CCC2C(=O)NC(c1ccccc1)c1ccccc1. The number of fused-ring (bicyclic) bond motifs is 1. The average molecular weight is 613 g/mol. The molecule has 0 aromatic heterocycles. The van der Waals surface area contributed by atoms with Gasteiger partial charge in [-0.05, 0) is 54.6 Å². The van der Waals surface area contributed by atoms with Crippen molar-refractivity contribution in [1.82, 2.24) is 26.2 Å². The fraction of sp³-hybridized carbons (Fsp3) is 0.353. The number of carbonyl (C=O) groups is 3. The van der Waals surface area contributed by atoms with Gasteiger partial charge in [0, 0.05) is 25.0 Å². The lowest BCUT2D eigenvalue weighted by atomic mass is 9.93. The van der Waals surface area contributed by atoms with Gasteiger partial charge in [-0.15, -0.1) is 0 Å². The van der Waals surface area contributed by atoms with E-state index in [9.17, 15) is 14.4 Å². The summed E-state index contributed by atoms with van der Waals surface area (Å²) < 4.78 is 0. The molecule has 10 heteroatoms. The fourth-order valence-electron chi connectivity index (χ4n) is 6.28. The van der Waals surface area contributed by atoms with E-state index < -0.39 is 18.0 Å². The number of nitrogens with zero attached hydrogens (tertiary/aromatic N) is 1. The van der Waals surface area contributed by atoms with Crippen molar-refractivity contribution in [2.75, 3.05) is 13.1 Å². The van der Waals surface area contributed by atoms with Crippen molar-refractivity contribution < 1.29 is 14.4 Å². The Balaban J connectivity index is 1.30. The van der Waals surface area contributed by atoms with Crippen LogP contribution in [0.5, 0.6) is 0 Å². The molecule has 6 N–H and O–H groups in total.